The van der Waals surface area contributed by atoms with Crippen LogP contribution in [0.4, 0.5) is 0 Å². The van der Waals surface area contributed by atoms with E-state index in [4.69, 9.17) is 0 Å². The van der Waals surface area contributed by atoms with Crippen LogP contribution in [0.25, 0.3) is 0 Å². The summed E-state index contributed by atoms with van der Waals surface area (Å²) in [5.41, 5.74) is 0. The van der Waals surface area contributed by atoms with Crippen molar-refractivity contribution in [3.05, 3.63) is 0 Å². The van der Waals surface area contributed by atoms with Crippen molar-refractivity contribution in [3.8, 4) is 0 Å². The lowest BCUT2D eigenvalue weighted by Crippen LogP contribution is -2.38. The molecule has 0 aliphatic carbocycles. The third kappa shape index (κ3) is 4.94. The molecule has 0 saturated heterocycles. The van der Waals surface area contributed by atoms with Gasteiger partial charge < -0.3 is 4.74 Å². The number of hydrogen-bond donors (Lipinski definition) is 0. The lowest BCUT2D eigenvalue weighted by Gasteiger charge is -2.24. The highest BCUT2D eigenvalue weighted by Crippen LogP contribution is 2.09. The zero-order valence-electron chi connectivity index (χ0n) is 10.4. The molecule has 96 valence electrons. The SMILES string of the molecule is CCN(C(C)C)S(=O)(=O)CCCC(=O)OC. The summed E-state index contributed by atoms with van der Waals surface area (Å²) >= 11 is 0. The average Bonchev–Trinajstić information content (AvgIpc) is 2.16. The summed E-state index contributed by atoms with van der Waals surface area (Å²) in [7, 11) is -1.96. The average molecular weight is 251 g/mol. The minimum atomic E-state index is -3.25. The molecule has 0 aromatic rings. The predicted molar refractivity (Wildman–Crippen MR) is 62.6 cm³/mol. The Morgan fingerprint density at radius 2 is 1.94 bits per heavy atom. The molecule has 0 spiro atoms. The predicted octanol–water partition coefficient (Wildman–Crippen LogP) is 1.000. The molecule has 5 nitrogen and oxygen atoms in total. The Morgan fingerprint density at radius 3 is 2.31 bits per heavy atom. The van der Waals surface area contributed by atoms with Crippen LogP contribution in [-0.4, -0.2) is 44.1 Å². The van der Waals surface area contributed by atoms with Gasteiger partial charge in [-0.05, 0) is 20.3 Å². The van der Waals surface area contributed by atoms with E-state index in [1.165, 1.54) is 11.4 Å². The fraction of sp³-hybridized carbons (Fsp3) is 0.900. The molecular formula is C10H21NO4S. The van der Waals surface area contributed by atoms with Gasteiger partial charge in [0, 0.05) is 19.0 Å². The second-order valence-corrected chi connectivity index (χ2v) is 5.83. The van der Waals surface area contributed by atoms with Crippen LogP contribution in [0.3, 0.4) is 0 Å². The summed E-state index contributed by atoms with van der Waals surface area (Å²) in [6.07, 6.45) is 0.448. The third-order valence-corrected chi connectivity index (χ3v) is 4.45. The Balaban J connectivity index is 4.29. The lowest BCUT2D eigenvalue weighted by molar-refractivity contribution is -0.140. The Labute approximate surface area is 97.8 Å². The zero-order valence-corrected chi connectivity index (χ0v) is 11.2. The van der Waals surface area contributed by atoms with Gasteiger partial charge in [-0.3, -0.25) is 4.79 Å². The summed E-state index contributed by atoms with van der Waals surface area (Å²) in [6.45, 7) is 5.93. The highest BCUT2D eigenvalue weighted by Gasteiger charge is 2.22. The number of carbonyl (C=O) groups is 1. The van der Waals surface area contributed by atoms with E-state index >= 15 is 0 Å². The van der Waals surface area contributed by atoms with Crippen LogP contribution in [0.15, 0.2) is 0 Å². The first-order chi connectivity index (χ1) is 7.35. The third-order valence-electron chi connectivity index (χ3n) is 2.26. The zero-order chi connectivity index (χ0) is 12.8. The molecule has 0 aliphatic heterocycles. The Kier molecular flexibility index (Phi) is 6.59. The van der Waals surface area contributed by atoms with E-state index in [-0.39, 0.29) is 24.2 Å². The van der Waals surface area contributed by atoms with E-state index in [0.717, 1.165) is 0 Å². The van der Waals surface area contributed by atoms with E-state index in [0.29, 0.717) is 13.0 Å². The van der Waals surface area contributed by atoms with Crippen molar-refractivity contribution < 1.29 is 17.9 Å². The van der Waals surface area contributed by atoms with Crippen LogP contribution in [0, 0.1) is 0 Å². The standard InChI is InChI=1S/C10H21NO4S/c1-5-11(9(2)3)16(13,14)8-6-7-10(12)15-4/h9H,5-8H2,1-4H3. The molecule has 0 radical (unpaired) electrons. The summed E-state index contributed by atoms with van der Waals surface area (Å²) < 4.78 is 29.6. The largest absolute Gasteiger partial charge is 0.469 e. The first kappa shape index (κ1) is 15.4. The smallest absolute Gasteiger partial charge is 0.305 e. The normalized spacial score (nSPS) is 12.1. The van der Waals surface area contributed by atoms with Crippen molar-refractivity contribution in [2.45, 2.75) is 39.7 Å². The molecule has 16 heavy (non-hydrogen) atoms. The molecule has 0 N–H and O–H groups in total. The van der Waals surface area contributed by atoms with Gasteiger partial charge in [0.2, 0.25) is 10.0 Å². The van der Waals surface area contributed by atoms with Crippen LogP contribution in [0.2, 0.25) is 0 Å². The molecule has 0 rings (SSSR count). The topological polar surface area (TPSA) is 63.7 Å². The minimum Gasteiger partial charge on any atom is -0.469 e. The molecule has 0 heterocycles. The number of nitrogens with zero attached hydrogens (tertiary/aromatic N) is 1. The van der Waals surface area contributed by atoms with Crippen molar-refractivity contribution in [1.29, 1.82) is 0 Å². The van der Waals surface area contributed by atoms with Crippen molar-refractivity contribution in [3.63, 3.8) is 0 Å². The number of ether oxygens (including phenoxy) is 1. The monoisotopic (exact) mass is 251 g/mol. The highest BCUT2D eigenvalue weighted by molar-refractivity contribution is 7.89. The molecular weight excluding hydrogens is 230 g/mol. The quantitative estimate of drug-likeness (QED) is 0.633. The number of sulfonamides is 1. The van der Waals surface area contributed by atoms with Crippen LogP contribution in [0.5, 0.6) is 0 Å². The molecule has 0 aromatic heterocycles. The van der Waals surface area contributed by atoms with Gasteiger partial charge in [0.05, 0.1) is 12.9 Å². The fourth-order valence-corrected chi connectivity index (χ4v) is 3.28. The molecule has 6 heteroatoms. The maximum absolute atomic E-state index is 11.8. The van der Waals surface area contributed by atoms with Crippen LogP contribution < -0.4 is 0 Å². The minimum absolute atomic E-state index is 0.00583. The molecule has 0 unspecified atom stereocenters. The van der Waals surface area contributed by atoms with Crippen molar-refractivity contribution in [2.75, 3.05) is 19.4 Å². The van der Waals surface area contributed by atoms with Crippen LogP contribution in [-0.2, 0) is 19.6 Å². The van der Waals surface area contributed by atoms with E-state index in [1.807, 2.05) is 13.8 Å². The molecule has 0 saturated carbocycles. The van der Waals surface area contributed by atoms with Gasteiger partial charge in [-0.25, -0.2) is 8.42 Å². The van der Waals surface area contributed by atoms with Gasteiger partial charge in [-0.1, -0.05) is 6.92 Å². The number of hydrogen-bond acceptors (Lipinski definition) is 4. The summed E-state index contributed by atoms with van der Waals surface area (Å²) in [4.78, 5) is 10.8. The van der Waals surface area contributed by atoms with Crippen molar-refractivity contribution in [2.24, 2.45) is 0 Å². The summed E-state index contributed by atoms with van der Waals surface area (Å²) in [5.74, 6) is -0.378. The molecule has 0 atom stereocenters. The number of rotatable bonds is 7. The van der Waals surface area contributed by atoms with Gasteiger partial charge in [0.1, 0.15) is 0 Å². The maximum Gasteiger partial charge on any atom is 0.305 e. The second-order valence-electron chi connectivity index (χ2n) is 3.79. The fourth-order valence-electron chi connectivity index (χ4n) is 1.50. The Hall–Kier alpha value is -0.620. The van der Waals surface area contributed by atoms with Crippen molar-refractivity contribution >= 4 is 16.0 Å². The lowest BCUT2D eigenvalue weighted by atomic mass is 10.3. The van der Waals surface area contributed by atoms with E-state index in [9.17, 15) is 13.2 Å². The molecule has 0 bridgehead atoms. The number of methoxy groups -OCH3 is 1. The molecule has 0 aliphatic rings. The van der Waals surface area contributed by atoms with Gasteiger partial charge in [-0.2, -0.15) is 4.31 Å². The van der Waals surface area contributed by atoms with E-state index in [2.05, 4.69) is 4.74 Å². The number of carbonyl (C=O) groups excluding carboxylic acids is 1. The first-order valence-electron chi connectivity index (χ1n) is 5.41. The Morgan fingerprint density at radius 1 is 1.38 bits per heavy atom. The molecule has 0 amide bonds. The second kappa shape index (κ2) is 6.85. The van der Waals surface area contributed by atoms with E-state index in [1.54, 1.807) is 6.92 Å². The maximum atomic E-state index is 11.8. The Bertz CT molecular complexity index is 311. The van der Waals surface area contributed by atoms with Crippen molar-refractivity contribution in [1.82, 2.24) is 4.31 Å². The molecule has 0 aromatic carbocycles. The van der Waals surface area contributed by atoms with Gasteiger partial charge in [0.25, 0.3) is 0 Å². The first-order valence-corrected chi connectivity index (χ1v) is 7.02. The molecule has 0 fully saturated rings. The number of esters is 1. The summed E-state index contributed by atoms with van der Waals surface area (Å²) in [6, 6.07) is -0.0480. The van der Waals surface area contributed by atoms with Gasteiger partial charge in [-0.15, -0.1) is 0 Å². The van der Waals surface area contributed by atoms with Gasteiger partial charge in [0.15, 0.2) is 0 Å². The van der Waals surface area contributed by atoms with Gasteiger partial charge >= 0.3 is 5.97 Å². The van der Waals surface area contributed by atoms with Crippen LogP contribution in [0.1, 0.15) is 33.6 Å². The van der Waals surface area contributed by atoms with Crippen LogP contribution >= 0.6 is 0 Å². The summed E-state index contributed by atoms with van der Waals surface area (Å²) in [5, 5.41) is 0. The highest BCUT2D eigenvalue weighted by atomic mass is 32.2. The van der Waals surface area contributed by atoms with E-state index < -0.39 is 10.0 Å².